The van der Waals surface area contributed by atoms with E-state index in [4.69, 9.17) is 16.0 Å². The van der Waals surface area contributed by atoms with Crippen LogP contribution in [0.15, 0.2) is 114 Å². The SMILES string of the molecule is Clc1cccc2c1oc1c3ccccc3c(-n3c4ccccc4c4cc5ccccc5cc43)cc21. The molecule has 0 unspecified atom stereocenters. The Morgan fingerprint density at radius 1 is 0.486 bits per heavy atom. The molecule has 35 heavy (non-hydrogen) atoms. The fourth-order valence-corrected chi connectivity index (χ4v) is 5.88. The lowest BCUT2D eigenvalue weighted by Gasteiger charge is -2.13. The molecular formula is C32H18ClNO. The highest BCUT2D eigenvalue weighted by molar-refractivity contribution is 6.36. The monoisotopic (exact) mass is 467 g/mol. The molecule has 0 atom stereocenters. The molecule has 3 heteroatoms. The van der Waals surface area contributed by atoms with Crippen LogP contribution in [0.5, 0.6) is 0 Å². The van der Waals surface area contributed by atoms with Gasteiger partial charge in [0.25, 0.3) is 0 Å². The number of para-hydroxylation sites is 2. The first-order valence-corrected chi connectivity index (χ1v) is 12.1. The molecule has 2 heterocycles. The molecule has 0 aliphatic carbocycles. The van der Waals surface area contributed by atoms with Crippen molar-refractivity contribution in [1.82, 2.24) is 4.57 Å². The van der Waals surface area contributed by atoms with Crippen LogP contribution in [0.25, 0.3) is 71.0 Å². The van der Waals surface area contributed by atoms with Crippen molar-refractivity contribution < 1.29 is 4.42 Å². The molecule has 0 amide bonds. The topological polar surface area (TPSA) is 18.1 Å². The molecule has 0 aliphatic heterocycles. The Hall–Kier alpha value is -4.27. The number of nitrogens with zero attached hydrogens (tertiary/aromatic N) is 1. The predicted molar refractivity (Wildman–Crippen MR) is 148 cm³/mol. The molecule has 0 spiro atoms. The van der Waals surface area contributed by atoms with Gasteiger partial charge in [-0.3, -0.25) is 0 Å². The molecular weight excluding hydrogens is 450 g/mol. The number of fused-ring (bicyclic) bond motifs is 9. The van der Waals surface area contributed by atoms with Gasteiger partial charge >= 0.3 is 0 Å². The summed E-state index contributed by atoms with van der Waals surface area (Å²) in [5, 5.41) is 9.95. The number of halogens is 1. The minimum Gasteiger partial charge on any atom is -0.454 e. The number of furan rings is 1. The Balaban J connectivity index is 1.62. The number of benzene rings is 6. The molecule has 8 aromatic rings. The Kier molecular flexibility index (Phi) is 3.75. The molecule has 0 bridgehead atoms. The van der Waals surface area contributed by atoms with E-state index >= 15 is 0 Å². The van der Waals surface area contributed by atoms with Crippen LogP contribution in [-0.4, -0.2) is 4.57 Å². The van der Waals surface area contributed by atoms with Gasteiger partial charge in [-0.25, -0.2) is 0 Å². The number of hydrogen-bond acceptors (Lipinski definition) is 1. The van der Waals surface area contributed by atoms with Gasteiger partial charge < -0.3 is 8.98 Å². The van der Waals surface area contributed by atoms with Crippen LogP contribution in [0.1, 0.15) is 0 Å². The van der Waals surface area contributed by atoms with Crippen molar-refractivity contribution in [1.29, 1.82) is 0 Å². The molecule has 8 rings (SSSR count). The van der Waals surface area contributed by atoms with Crippen LogP contribution in [0.3, 0.4) is 0 Å². The van der Waals surface area contributed by atoms with Gasteiger partial charge in [0.15, 0.2) is 5.58 Å². The first-order valence-electron chi connectivity index (χ1n) is 11.7. The van der Waals surface area contributed by atoms with E-state index < -0.39 is 0 Å². The standard InChI is InChI=1S/C32H18ClNO/c33-27-14-7-13-24-26-18-30(21-10-3-4-12-23(21)31(26)35-32(24)27)34-28-15-6-5-11-22(28)25-16-19-8-1-2-9-20(19)17-29(25)34/h1-18H. The zero-order valence-corrected chi connectivity index (χ0v) is 19.4. The van der Waals surface area contributed by atoms with Crippen LogP contribution in [0.4, 0.5) is 0 Å². The molecule has 0 aliphatic rings. The molecule has 0 saturated heterocycles. The van der Waals surface area contributed by atoms with Gasteiger partial charge in [0.05, 0.1) is 21.7 Å². The van der Waals surface area contributed by atoms with E-state index in [-0.39, 0.29) is 0 Å². The van der Waals surface area contributed by atoms with Gasteiger partial charge in [0.2, 0.25) is 0 Å². The molecule has 2 aromatic heterocycles. The number of hydrogen-bond donors (Lipinski definition) is 0. The highest BCUT2D eigenvalue weighted by Crippen LogP contribution is 2.42. The summed E-state index contributed by atoms with van der Waals surface area (Å²) >= 11 is 6.53. The highest BCUT2D eigenvalue weighted by atomic mass is 35.5. The zero-order valence-electron chi connectivity index (χ0n) is 18.6. The van der Waals surface area contributed by atoms with Crippen molar-refractivity contribution >= 4 is 76.9 Å². The second kappa shape index (κ2) is 6.88. The van der Waals surface area contributed by atoms with Crippen molar-refractivity contribution in [3.8, 4) is 5.69 Å². The van der Waals surface area contributed by atoms with Gasteiger partial charge in [0.1, 0.15) is 5.58 Å². The molecule has 0 N–H and O–H groups in total. The van der Waals surface area contributed by atoms with E-state index in [9.17, 15) is 0 Å². The summed E-state index contributed by atoms with van der Waals surface area (Å²) in [6.45, 7) is 0. The van der Waals surface area contributed by atoms with Crippen LogP contribution in [-0.2, 0) is 0 Å². The quantitative estimate of drug-likeness (QED) is 0.235. The molecule has 0 radical (unpaired) electrons. The lowest BCUT2D eigenvalue weighted by atomic mass is 10.0. The second-order valence-corrected chi connectivity index (χ2v) is 9.51. The number of aromatic nitrogens is 1. The van der Waals surface area contributed by atoms with E-state index in [2.05, 4.69) is 102 Å². The Morgan fingerprint density at radius 3 is 2.00 bits per heavy atom. The Morgan fingerprint density at radius 2 is 1.14 bits per heavy atom. The normalized spacial score (nSPS) is 12.1. The van der Waals surface area contributed by atoms with Gasteiger partial charge in [-0.2, -0.15) is 0 Å². The average molecular weight is 468 g/mol. The zero-order chi connectivity index (χ0) is 23.1. The smallest absolute Gasteiger partial charge is 0.154 e. The van der Waals surface area contributed by atoms with Gasteiger partial charge in [-0.05, 0) is 41.1 Å². The van der Waals surface area contributed by atoms with Crippen molar-refractivity contribution in [3.63, 3.8) is 0 Å². The maximum absolute atomic E-state index is 6.53. The van der Waals surface area contributed by atoms with Crippen molar-refractivity contribution in [2.75, 3.05) is 0 Å². The third-order valence-electron chi connectivity index (χ3n) is 7.22. The minimum atomic E-state index is 0.632. The minimum absolute atomic E-state index is 0.632. The lowest BCUT2D eigenvalue weighted by molar-refractivity contribution is 0.673. The Labute approximate surface area is 205 Å². The first-order chi connectivity index (χ1) is 17.3. The largest absolute Gasteiger partial charge is 0.454 e. The summed E-state index contributed by atoms with van der Waals surface area (Å²) in [5.74, 6) is 0. The van der Waals surface area contributed by atoms with E-state index in [0.29, 0.717) is 5.02 Å². The van der Waals surface area contributed by atoms with E-state index in [1.807, 2.05) is 12.1 Å². The van der Waals surface area contributed by atoms with E-state index in [1.54, 1.807) is 0 Å². The third kappa shape index (κ3) is 2.55. The second-order valence-electron chi connectivity index (χ2n) is 9.11. The van der Waals surface area contributed by atoms with Crippen LogP contribution in [0.2, 0.25) is 5.02 Å². The van der Waals surface area contributed by atoms with Crippen molar-refractivity contribution in [2.24, 2.45) is 0 Å². The van der Waals surface area contributed by atoms with Crippen molar-refractivity contribution in [2.45, 2.75) is 0 Å². The first kappa shape index (κ1) is 19.1. The molecule has 2 nitrogen and oxygen atoms in total. The van der Waals surface area contributed by atoms with Gasteiger partial charge in [0, 0.05) is 32.3 Å². The average Bonchev–Trinajstić information content (AvgIpc) is 3.43. The molecule has 0 fully saturated rings. The highest BCUT2D eigenvalue weighted by Gasteiger charge is 2.19. The Bertz CT molecular complexity index is 2130. The van der Waals surface area contributed by atoms with Gasteiger partial charge in [-0.15, -0.1) is 0 Å². The third-order valence-corrected chi connectivity index (χ3v) is 7.51. The summed E-state index contributed by atoms with van der Waals surface area (Å²) in [7, 11) is 0. The van der Waals surface area contributed by atoms with Gasteiger partial charge in [-0.1, -0.05) is 90.5 Å². The van der Waals surface area contributed by atoms with E-state index in [1.165, 1.54) is 32.6 Å². The predicted octanol–water partition coefficient (Wildman–Crippen LogP) is 9.64. The fraction of sp³-hybridized carbons (Fsp3) is 0. The summed E-state index contributed by atoms with van der Waals surface area (Å²) in [4.78, 5) is 0. The fourth-order valence-electron chi connectivity index (χ4n) is 5.67. The molecule has 164 valence electrons. The van der Waals surface area contributed by atoms with Crippen LogP contribution >= 0.6 is 11.6 Å². The summed E-state index contributed by atoms with van der Waals surface area (Å²) < 4.78 is 8.77. The molecule has 0 saturated carbocycles. The van der Waals surface area contributed by atoms with Crippen LogP contribution in [0, 0.1) is 0 Å². The summed E-state index contributed by atoms with van der Waals surface area (Å²) in [5.41, 5.74) is 5.13. The lowest BCUT2D eigenvalue weighted by Crippen LogP contribution is -1.95. The van der Waals surface area contributed by atoms with Crippen molar-refractivity contribution in [3.05, 3.63) is 114 Å². The summed E-state index contributed by atoms with van der Waals surface area (Å²) in [6, 6.07) is 38.6. The van der Waals surface area contributed by atoms with E-state index in [0.717, 1.165) is 38.4 Å². The summed E-state index contributed by atoms with van der Waals surface area (Å²) in [6.07, 6.45) is 0. The number of rotatable bonds is 1. The molecule has 6 aromatic carbocycles. The van der Waals surface area contributed by atoms with Crippen LogP contribution < -0.4 is 0 Å². The maximum atomic E-state index is 6.53. The maximum Gasteiger partial charge on any atom is 0.154 e.